The van der Waals surface area contributed by atoms with E-state index in [9.17, 15) is 9.59 Å². The van der Waals surface area contributed by atoms with E-state index in [1.54, 1.807) is 18.2 Å². The number of primary amides is 1. The average Bonchev–Trinajstić information content (AvgIpc) is 3.01. The Morgan fingerprint density at radius 2 is 2.32 bits per heavy atom. The molecule has 2 atom stereocenters. The van der Waals surface area contributed by atoms with Crippen molar-refractivity contribution in [3.8, 4) is 5.75 Å². The molecular weight excluding hydrogens is 308 g/mol. The van der Waals surface area contributed by atoms with Gasteiger partial charge in [-0.1, -0.05) is 17.7 Å². The van der Waals surface area contributed by atoms with E-state index in [1.807, 2.05) is 0 Å². The standard InChI is InChI=1S/C15H19ClN2O4/c1-21-12-5-4-9(7-10(12)16)8-11(14(17)19)18-15(20)13-3-2-6-22-13/h4-5,7,11,13H,2-3,6,8H2,1H3,(H2,17,19)(H,18,20)/t11-,13+/m0/s1. The number of hydrogen-bond donors (Lipinski definition) is 2. The number of carbonyl (C=O) groups excluding carboxylic acids is 2. The van der Waals surface area contributed by atoms with Crippen molar-refractivity contribution in [3.63, 3.8) is 0 Å². The van der Waals surface area contributed by atoms with Gasteiger partial charge in [-0.15, -0.1) is 0 Å². The second-order valence-electron chi connectivity index (χ2n) is 5.14. The van der Waals surface area contributed by atoms with Gasteiger partial charge in [-0.3, -0.25) is 9.59 Å². The number of ether oxygens (including phenoxy) is 2. The van der Waals surface area contributed by atoms with E-state index in [2.05, 4.69) is 5.32 Å². The first-order valence-corrected chi connectivity index (χ1v) is 7.42. The number of amides is 2. The molecule has 120 valence electrons. The van der Waals surface area contributed by atoms with Gasteiger partial charge in [0.2, 0.25) is 11.8 Å². The van der Waals surface area contributed by atoms with Gasteiger partial charge in [0.05, 0.1) is 12.1 Å². The first-order chi connectivity index (χ1) is 10.5. The molecule has 0 radical (unpaired) electrons. The van der Waals surface area contributed by atoms with Crippen LogP contribution < -0.4 is 15.8 Å². The third kappa shape index (κ3) is 4.11. The lowest BCUT2D eigenvalue weighted by Crippen LogP contribution is -2.49. The Morgan fingerprint density at radius 3 is 2.86 bits per heavy atom. The molecule has 1 aliphatic rings. The minimum absolute atomic E-state index is 0.261. The minimum Gasteiger partial charge on any atom is -0.495 e. The SMILES string of the molecule is COc1ccc(C[C@H](NC(=O)[C@H]2CCCO2)C(N)=O)cc1Cl. The summed E-state index contributed by atoms with van der Waals surface area (Å²) < 4.78 is 10.4. The van der Waals surface area contributed by atoms with Gasteiger partial charge >= 0.3 is 0 Å². The van der Waals surface area contributed by atoms with Gasteiger partial charge in [-0.2, -0.15) is 0 Å². The largest absolute Gasteiger partial charge is 0.495 e. The van der Waals surface area contributed by atoms with Gasteiger partial charge in [0.1, 0.15) is 17.9 Å². The van der Waals surface area contributed by atoms with Crippen LogP contribution in [-0.2, 0) is 20.7 Å². The van der Waals surface area contributed by atoms with Crippen LogP contribution in [0.15, 0.2) is 18.2 Å². The summed E-state index contributed by atoms with van der Waals surface area (Å²) in [6.45, 7) is 0.563. The van der Waals surface area contributed by atoms with Crippen LogP contribution in [-0.4, -0.2) is 37.7 Å². The van der Waals surface area contributed by atoms with Crippen LogP contribution in [0.3, 0.4) is 0 Å². The maximum Gasteiger partial charge on any atom is 0.249 e. The number of hydrogen-bond acceptors (Lipinski definition) is 4. The summed E-state index contributed by atoms with van der Waals surface area (Å²) in [4.78, 5) is 23.6. The third-order valence-corrected chi connectivity index (χ3v) is 3.83. The zero-order chi connectivity index (χ0) is 16.1. The lowest BCUT2D eigenvalue weighted by Gasteiger charge is -2.18. The number of halogens is 1. The van der Waals surface area contributed by atoms with Crippen molar-refractivity contribution in [2.24, 2.45) is 5.73 Å². The number of methoxy groups -OCH3 is 1. The quantitative estimate of drug-likeness (QED) is 0.817. The molecule has 22 heavy (non-hydrogen) atoms. The topological polar surface area (TPSA) is 90.7 Å². The molecule has 2 amide bonds. The fourth-order valence-corrected chi connectivity index (χ4v) is 2.62. The molecule has 0 bridgehead atoms. The molecule has 1 saturated heterocycles. The molecule has 1 aromatic carbocycles. The Bertz CT molecular complexity index is 558. The Kier molecular flexibility index (Phi) is 5.63. The number of rotatable bonds is 6. The smallest absolute Gasteiger partial charge is 0.249 e. The fourth-order valence-electron chi connectivity index (χ4n) is 2.34. The van der Waals surface area contributed by atoms with Crippen LogP contribution in [0.25, 0.3) is 0 Å². The summed E-state index contributed by atoms with van der Waals surface area (Å²) in [5, 5.41) is 3.08. The maximum atomic E-state index is 12.0. The number of nitrogens with one attached hydrogen (secondary N) is 1. The van der Waals surface area contributed by atoms with Crippen molar-refractivity contribution in [1.29, 1.82) is 0 Å². The Morgan fingerprint density at radius 1 is 1.55 bits per heavy atom. The number of benzene rings is 1. The van der Waals surface area contributed by atoms with Crippen molar-refractivity contribution in [2.45, 2.75) is 31.4 Å². The van der Waals surface area contributed by atoms with Crippen LogP contribution in [0.2, 0.25) is 5.02 Å². The zero-order valence-electron chi connectivity index (χ0n) is 12.3. The summed E-state index contributed by atoms with van der Waals surface area (Å²) in [5.41, 5.74) is 6.15. The predicted molar refractivity (Wildman–Crippen MR) is 81.8 cm³/mol. The summed E-state index contributed by atoms with van der Waals surface area (Å²) in [6.07, 6.45) is 1.26. The molecule has 6 nitrogen and oxygen atoms in total. The van der Waals surface area contributed by atoms with E-state index in [0.29, 0.717) is 23.8 Å². The van der Waals surface area contributed by atoms with Crippen molar-refractivity contribution >= 4 is 23.4 Å². The third-order valence-electron chi connectivity index (χ3n) is 3.54. The Hall–Kier alpha value is -1.79. The van der Waals surface area contributed by atoms with Crippen molar-refractivity contribution in [1.82, 2.24) is 5.32 Å². The first-order valence-electron chi connectivity index (χ1n) is 7.05. The summed E-state index contributed by atoms with van der Waals surface area (Å²) >= 11 is 6.05. The molecule has 0 saturated carbocycles. The first kappa shape index (κ1) is 16.6. The van der Waals surface area contributed by atoms with Gasteiger partial charge in [0, 0.05) is 13.0 Å². The molecular formula is C15H19ClN2O4. The average molecular weight is 327 g/mol. The lowest BCUT2D eigenvalue weighted by atomic mass is 10.0. The minimum atomic E-state index is -0.804. The Labute approximate surface area is 133 Å². The molecule has 0 aliphatic carbocycles. The van der Waals surface area contributed by atoms with E-state index in [-0.39, 0.29) is 12.3 Å². The van der Waals surface area contributed by atoms with Crippen molar-refractivity contribution in [3.05, 3.63) is 28.8 Å². The highest BCUT2D eigenvalue weighted by Crippen LogP contribution is 2.25. The van der Waals surface area contributed by atoms with Crippen LogP contribution in [0.5, 0.6) is 5.75 Å². The second-order valence-corrected chi connectivity index (χ2v) is 5.55. The number of carbonyl (C=O) groups is 2. The highest BCUT2D eigenvalue weighted by atomic mass is 35.5. The predicted octanol–water partition coefficient (Wildman–Crippen LogP) is 1.04. The van der Waals surface area contributed by atoms with Gasteiger partial charge < -0.3 is 20.5 Å². The molecule has 2 rings (SSSR count). The van der Waals surface area contributed by atoms with E-state index in [0.717, 1.165) is 12.0 Å². The van der Waals surface area contributed by atoms with Gasteiger partial charge in [0.15, 0.2) is 0 Å². The van der Waals surface area contributed by atoms with Crippen LogP contribution in [0.1, 0.15) is 18.4 Å². The van der Waals surface area contributed by atoms with Crippen LogP contribution in [0.4, 0.5) is 0 Å². The zero-order valence-corrected chi connectivity index (χ0v) is 13.1. The number of nitrogens with two attached hydrogens (primary N) is 1. The summed E-state index contributed by atoms with van der Waals surface area (Å²) in [6, 6.07) is 4.37. The van der Waals surface area contributed by atoms with E-state index >= 15 is 0 Å². The lowest BCUT2D eigenvalue weighted by molar-refractivity contribution is -0.133. The second kappa shape index (κ2) is 7.47. The van der Waals surface area contributed by atoms with E-state index in [4.69, 9.17) is 26.8 Å². The van der Waals surface area contributed by atoms with E-state index < -0.39 is 18.1 Å². The maximum absolute atomic E-state index is 12.0. The molecule has 1 fully saturated rings. The van der Waals surface area contributed by atoms with Gasteiger partial charge in [0.25, 0.3) is 0 Å². The van der Waals surface area contributed by atoms with Crippen LogP contribution in [0, 0.1) is 0 Å². The monoisotopic (exact) mass is 326 g/mol. The normalized spacial score (nSPS) is 18.7. The van der Waals surface area contributed by atoms with Crippen molar-refractivity contribution in [2.75, 3.05) is 13.7 Å². The van der Waals surface area contributed by atoms with E-state index in [1.165, 1.54) is 7.11 Å². The molecule has 0 aromatic heterocycles. The molecule has 1 aromatic rings. The van der Waals surface area contributed by atoms with Gasteiger partial charge in [-0.25, -0.2) is 0 Å². The molecule has 1 aliphatic heterocycles. The highest BCUT2D eigenvalue weighted by Gasteiger charge is 2.27. The molecule has 3 N–H and O–H groups in total. The summed E-state index contributed by atoms with van der Waals surface area (Å²) in [7, 11) is 1.52. The molecule has 0 unspecified atom stereocenters. The Balaban J connectivity index is 2.03. The summed E-state index contributed by atoms with van der Waals surface area (Å²) in [5.74, 6) is -0.358. The fraction of sp³-hybridized carbons (Fsp3) is 0.467. The molecule has 7 heteroatoms. The molecule has 0 spiro atoms. The highest BCUT2D eigenvalue weighted by molar-refractivity contribution is 6.32. The van der Waals surface area contributed by atoms with Gasteiger partial charge in [-0.05, 0) is 30.5 Å². The van der Waals surface area contributed by atoms with Crippen molar-refractivity contribution < 1.29 is 19.1 Å². The van der Waals surface area contributed by atoms with Crippen LogP contribution >= 0.6 is 11.6 Å². The molecule has 1 heterocycles.